The minimum Gasteiger partial charge on any atom is -0.385 e. The van der Waals surface area contributed by atoms with E-state index in [0.717, 1.165) is 19.6 Å². The lowest BCUT2D eigenvalue weighted by Crippen LogP contribution is -2.34. The number of likely N-dealkylation sites (N-methyl/N-ethyl adjacent to an activating group) is 1. The number of methoxy groups -OCH3 is 1. The van der Waals surface area contributed by atoms with Crippen molar-refractivity contribution in [2.45, 2.75) is 26.8 Å². The summed E-state index contributed by atoms with van der Waals surface area (Å²) in [5.41, 5.74) is 0.923. The second-order valence-electron chi connectivity index (χ2n) is 6.28. The number of amides is 1. The summed E-state index contributed by atoms with van der Waals surface area (Å²) in [6.07, 6.45) is 0.701. The molecule has 2 aromatic rings. The van der Waals surface area contributed by atoms with Gasteiger partial charge in [0.15, 0.2) is 4.77 Å². The van der Waals surface area contributed by atoms with E-state index in [1.165, 1.54) is 4.57 Å². The van der Waals surface area contributed by atoms with Gasteiger partial charge in [0.05, 0.1) is 10.9 Å². The SMILES string of the molecule is CCN(CC)CCNC(=O)c1ccc2c(=O)n(CCCOC)c(=S)[nH]c2c1. The summed E-state index contributed by atoms with van der Waals surface area (Å²) in [4.78, 5) is 30.4. The first-order valence-electron chi connectivity index (χ1n) is 9.28. The zero-order valence-electron chi connectivity index (χ0n) is 16.2. The normalized spacial score (nSPS) is 11.3. The Hall–Kier alpha value is -2.03. The number of H-pyrrole nitrogens is 1. The van der Waals surface area contributed by atoms with Crippen LogP contribution in [0.3, 0.4) is 0 Å². The van der Waals surface area contributed by atoms with Gasteiger partial charge in [-0.2, -0.15) is 0 Å². The number of fused-ring (bicyclic) bond motifs is 1. The lowest BCUT2D eigenvalue weighted by atomic mass is 10.1. The van der Waals surface area contributed by atoms with Crippen molar-refractivity contribution in [3.05, 3.63) is 38.9 Å². The molecule has 2 rings (SSSR count). The van der Waals surface area contributed by atoms with Gasteiger partial charge in [-0.05, 0) is 49.9 Å². The molecule has 0 unspecified atom stereocenters. The molecule has 8 heteroatoms. The molecule has 1 amide bonds. The Kier molecular flexibility index (Phi) is 8.15. The first kappa shape index (κ1) is 21.3. The van der Waals surface area contributed by atoms with Crippen LogP contribution in [0, 0.1) is 4.77 Å². The highest BCUT2D eigenvalue weighted by Gasteiger charge is 2.10. The van der Waals surface area contributed by atoms with Gasteiger partial charge < -0.3 is 19.9 Å². The number of rotatable bonds is 10. The van der Waals surface area contributed by atoms with Crippen molar-refractivity contribution in [2.75, 3.05) is 39.9 Å². The van der Waals surface area contributed by atoms with Gasteiger partial charge in [0.2, 0.25) is 0 Å². The molecule has 7 nitrogen and oxygen atoms in total. The van der Waals surface area contributed by atoms with E-state index >= 15 is 0 Å². The monoisotopic (exact) mass is 392 g/mol. The van der Waals surface area contributed by atoms with Crippen LogP contribution in [0.25, 0.3) is 10.9 Å². The third kappa shape index (κ3) is 5.47. The number of aromatic nitrogens is 2. The molecular formula is C19H28N4O3S. The van der Waals surface area contributed by atoms with E-state index in [-0.39, 0.29) is 11.5 Å². The molecule has 1 aromatic carbocycles. The predicted octanol–water partition coefficient (Wildman–Crippen LogP) is 2.17. The molecule has 0 atom stereocenters. The van der Waals surface area contributed by atoms with Gasteiger partial charge in [-0.3, -0.25) is 14.2 Å². The molecule has 0 radical (unpaired) electrons. The van der Waals surface area contributed by atoms with Crippen LogP contribution in [0.5, 0.6) is 0 Å². The van der Waals surface area contributed by atoms with Crippen molar-refractivity contribution in [1.29, 1.82) is 0 Å². The molecule has 0 aliphatic rings. The van der Waals surface area contributed by atoms with Crippen molar-refractivity contribution >= 4 is 29.0 Å². The number of nitrogens with one attached hydrogen (secondary N) is 2. The molecule has 0 saturated carbocycles. The number of benzene rings is 1. The Balaban J connectivity index is 2.17. The zero-order valence-corrected chi connectivity index (χ0v) is 17.0. The number of ether oxygens (including phenoxy) is 1. The molecular weight excluding hydrogens is 364 g/mol. The van der Waals surface area contributed by atoms with Crippen molar-refractivity contribution in [3.63, 3.8) is 0 Å². The lowest BCUT2D eigenvalue weighted by Gasteiger charge is -2.18. The number of carbonyl (C=O) groups is 1. The summed E-state index contributed by atoms with van der Waals surface area (Å²) in [5.74, 6) is -0.160. The number of hydrogen-bond donors (Lipinski definition) is 2. The van der Waals surface area contributed by atoms with Crippen LogP contribution in [0.4, 0.5) is 0 Å². The Morgan fingerprint density at radius 2 is 2.07 bits per heavy atom. The molecule has 0 bridgehead atoms. The Morgan fingerprint density at radius 3 is 2.74 bits per heavy atom. The molecule has 0 spiro atoms. The van der Waals surface area contributed by atoms with E-state index < -0.39 is 0 Å². The summed E-state index contributed by atoms with van der Waals surface area (Å²) in [5, 5.41) is 3.43. The van der Waals surface area contributed by atoms with Crippen molar-refractivity contribution in [3.8, 4) is 0 Å². The van der Waals surface area contributed by atoms with Gasteiger partial charge in [-0.25, -0.2) is 0 Å². The van der Waals surface area contributed by atoms with Gasteiger partial charge in [-0.1, -0.05) is 13.8 Å². The average molecular weight is 393 g/mol. The molecule has 0 aliphatic carbocycles. The Bertz CT molecular complexity index is 887. The van der Waals surface area contributed by atoms with Crippen molar-refractivity contribution < 1.29 is 9.53 Å². The van der Waals surface area contributed by atoms with Crippen LogP contribution in [-0.4, -0.2) is 60.3 Å². The number of aromatic amines is 1. The summed E-state index contributed by atoms with van der Waals surface area (Å²) in [7, 11) is 1.62. The van der Waals surface area contributed by atoms with Crippen LogP contribution < -0.4 is 10.9 Å². The third-order valence-corrected chi connectivity index (χ3v) is 4.90. The van der Waals surface area contributed by atoms with Gasteiger partial charge in [0.25, 0.3) is 11.5 Å². The molecule has 27 heavy (non-hydrogen) atoms. The summed E-state index contributed by atoms with van der Waals surface area (Å²) in [6, 6.07) is 5.03. The minimum atomic E-state index is -0.160. The topological polar surface area (TPSA) is 79.4 Å². The van der Waals surface area contributed by atoms with Gasteiger partial charge >= 0.3 is 0 Å². The fraction of sp³-hybridized carbons (Fsp3) is 0.526. The van der Waals surface area contributed by atoms with Gasteiger partial charge in [0.1, 0.15) is 0 Å². The summed E-state index contributed by atoms with van der Waals surface area (Å²) < 4.78 is 6.91. The second kappa shape index (κ2) is 10.3. The zero-order chi connectivity index (χ0) is 19.8. The first-order valence-corrected chi connectivity index (χ1v) is 9.69. The van der Waals surface area contributed by atoms with Crippen LogP contribution in [0.1, 0.15) is 30.6 Å². The van der Waals surface area contributed by atoms with E-state index in [2.05, 4.69) is 29.0 Å². The van der Waals surface area contributed by atoms with Gasteiger partial charge in [-0.15, -0.1) is 0 Å². The summed E-state index contributed by atoms with van der Waals surface area (Å²) in [6.45, 7) is 8.54. The maximum atomic E-state index is 12.7. The fourth-order valence-corrected chi connectivity index (χ4v) is 3.22. The van der Waals surface area contributed by atoms with E-state index in [1.807, 2.05) is 0 Å². The minimum absolute atomic E-state index is 0.154. The molecule has 0 saturated heterocycles. The van der Waals surface area contributed by atoms with E-state index in [4.69, 9.17) is 17.0 Å². The Labute approximate surface area is 164 Å². The maximum absolute atomic E-state index is 12.7. The summed E-state index contributed by atoms with van der Waals surface area (Å²) >= 11 is 5.31. The first-order chi connectivity index (χ1) is 13.0. The maximum Gasteiger partial charge on any atom is 0.262 e. The number of carbonyl (C=O) groups excluding carboxylic acids is 1. The van der Waals surface area contributed by atoms with Crippen LogP contribution in [-0.2, 0) is 11.3 Å². The van der Waals surface area contributed by atoms with E-state index in [0.29, 0.717) is 47.4 Å². The number of hydrogen-bond acceptors (Lipinski definition) is 5. The van der Waals surface area contributed by atoms with Crippen LogP contribution >= 0.6 is 12.2 Å². The van der Waals surface area contributed by atoms with Crippen molar-refractivity contribution in [1.82, 2.24) is 19.8 Å². The van der Waals surface area contributed by atoms with E-state index in [1.54, 1.807) is 25.3 Å². The Morgan fingerprint density at radius 1 is 1.33 bits per heavy atom. The highest BCUT2D eigenvalue weighted by atomic mass is 32.1. The second-order valence-corrected chi connectivity index (χ2v) is 6.66. The van der Waals surface area contributed by atoms with Crippen LogP contribution in [0.2, 0.25) is 0 Å². The van der Waals surface area contributed by atoms with Crippen molar-refractivity contribution in [2.24, 2.45) is 0 Å². The van der Waals surface area contributed by atoms with Crippen LogP contribution in [0.15, 0.2) is 23.0 Å². The molecule has 2 N–H and O–H groups in total. The predicted molar refractivity (Wildman–Crippen MR) is 110 cm³/mol. The standard InChI is InChI=1S/C19H28N4O3S/c1-4-22(5-2)11-9-20-17(24)14-7-8-15-16(13-14)21-19(27)23(18(15)25)10-6-12-26-3/h7-8,13H,4-6,9-12H2,1-3H3,(H,20,24)(H,21,27). The quantitative estimate of drug-likeness (QED) is 0.479. The molecule has 148 valence electrons. The highest BCUT2D eigenvalue weighted by molar-refractivity contribution is 7.71. The third-order valence-electron chi connectivity index (χ3n) is 4.58. The van der Waals surface area contributed by atoms with Gasteiger partial charge in [0, 0.05) is 38.9 Å². The fourth-order valence-electron chi connectivity index (χ4n) is 2.94. The smallest absolute Gasteiger partial charge is 0.262 e. The molecule has 1 heterocycles. The molecule has 1 aromatic heterocycles. The number of nitrogens with zero attached hydrogens (tertiary/aromatic N) is 2. The highest BCUT2D eigenvalue weighted by Crippen LogP contribution is 2.11. The van der Waals surface area contributed by atoms with E-state index in [9.17, 15) is 9.59 Å². The largest absolute Gasteiger partial charge is 0.385 e. The average Bonchev–Trinajstić information content (AvgIpc) is 2.67. The molecule has 0 fully saturated rings. The lowest BCUT2D eigenvalue weighted by molar-refractivity contribution is 0.0949. The molecule has 0 aliphatic heterocycles.